The van der Waals surface area contributed by atoms with E-state index in [1.807, 2.05) is 35.2 Å². The van der Waals surface area contributed by atoms with Crippen LogP contribution in [0.4, 0.5) is 5.88 Å². The largest absolute Gasteiger partial charge is 0.419 e. The maximum Gasteiger partial charge on any atom is 0.236 e. The third-order valence-corrected chi connectivity index (χ3v) is 6.57. The number of benzene rings is 2. The van der Waals surface area contributed by atoms with E-state index in [-0.39, 0.29) is 9.92 Å². The second-order valence-corrected chi connectivity index (χ2v) is 8.93. The quantitative estimate of drug-likeness (QED) is 0.605. The molecule has 1 aromatic heterocycles. The first kappa shape index (κ1) is 17.3. The summed E-state index contributed by atoms with van der Waals surface area (Å²) in [5.74, 6) is 0.660. The standard InChI is InChI=1S/C19H17BrN2O3S/c20-15-8-10-16(11-9-15)26(23,24)18-19(22-12-4-5-13-22)25-17(21-18)14-6-2-1-3-7-14/h1-3,6-11H,4-5,12-13H2. The van der Waals surface area contributed by atoms with Gasteiger partial charge in [0.05, 0.1) is 4.90 Å². The molecule has 0 atom stereocenters. The average Bonchev–Trinajstić information content (AvgIpc) is 3.32. The van der Waals surface area contributed by atoms with Crippen LogP contribution in [-0.4, -0.2) is 26.5 Å². The first-order valence-corrected chi connectivity index (χ1v) is 10.7. The minimum Gasteiger partial charge on any atom is -0.419 e. The van der Waals surface area contributed by atoms with Crippen LogP contribution >= 0.6 is 15.9 Å². The predicted octanol–water partition coefficient (Wildman–Crippen LogP) is 4.54. The number of rotatable bonds is 4. The smallest absolute Gasteiger partial charge is 0.236 e. The number of halogens is 1. The summed E-state index contributed by atoms with van der Waals surface area (Å²) in [6.07, 6.45) is 2.03. The van der Waals surface area contributed by atoms with Gasteiger partial charge < -0.3 is 9.32 Å². The highest BCUT2D eigenvalue weighted by Gasteiger charge is 2.32. The number of aromatic nitrogens is 1. The van der Waals surface area contributed by atoms with Gasteiger partial charge in [-0.05, 0) is 49.2 Å². The van der Waals surface area contributed by atoms with E-state index >= 15 is 0 Å². The molecule has 2 heterocycles. The van der Waals surface area contributed by atoms with Crippen LogP contribution in [0.5, 0.6) is 0 Å². The van der Waals surface area contributed by atoms with Gasteiger partial charge in [0.25, 0.3) is 0 Å². The Kier molecular flexibility index (Phi) is 4.58. The maximum atomic E-state index is 13.2. The summed E-state index contributed by atoms with van der Waals surface area (Å²) >= 11 is 3.33. The molecule has 1 aliphatic rings. The molecule has 1 aliphatic heterocycles. The number of hydrogen-bond donors (Lipinski definition) is 0. The fourth-order valence-corrected chi connectivity index (χ4v) is 4.61. The van der Waals surface area contributed by atoms with E-state index < -0.39 is 9.84 Å². The Bertz CT molecular complexity index is 1010. The van der Waals surface area contributed by atoms with Crippen molar-refractivity contribution < 1.29 is 12.8 Å². The van der Waals surface area contributed by atoms with Crippen molar-refractivity contribution in [3.63, 3.8) is 0 Å². The first-order valence-electron chi connectivity index (χ1n) is 8.37. The second-order valence-electron chi connectivity index (χ2n) is 6.15. The van der Waals surface area contributed by atoms with E-state index in [1.54, 1.807) is 24.3 Å². The lowest BCUT2D eigenvalue weighted by atomic mass is 10.2. The van der Waals surface area contributed by atoms with Gasteiger partial charge in [-0.1, -0.05) is 34.1 Å². The summed E-state index contributed by atoms with van der Waals surface area (Å²) in [6, 6.07) is 15.9. The molecule has 0 unspecified atom stereocenters. The number of nitrogens with zero attached hydrogens (tertiary/aromatic N) is 2. The predicted molar refractivity (Wildman–Crippen MR) is 103 cm³/mol. The minimum absolute atomic E-state index is 0.0134. The Morgan fingerprint density at radius 2 is 1.62 bits per heavy atom. The molecule has 7 heteroatoms. The van der Waals surface area contributed by atoms with Crippen LogP contribution in [0.25, 0.3) is 11.5 Å². The highest BCUT2D eigenvalue weighted by Crippen LogP contribution is 2.36. The van der Waals surface area contributed by atoms with E-state index in [1.165, 1.54) is 0 Å². The third kappa shape index (κ3) is 3.17. The monoisotopic (exact) mass is 432 g/mol. The van der Waals surface area contributed by atoms with E-state index in [4.69, 9.17) is 4.42 Å². The van der Waals surface area contributed by atoms with Gasteiger partial charge in [-0.25, -0.2) is 8.42 Å². The van der Waals surface area contributed by atoms with Gasteiger partial charge in [0.1, 0.15) is 0 Å². The van der Waals surface area contributed by atoms with Crippen LogP contribution in [0.15, 0.2) is 73.4 Å². The molecule has 3 aromatic rings. The van der Waals surface area contributed by atoms with E-state index in [0.717, 1.165) is 36.0 Å². The summed E-state index contributed by atoms with van der Waals surface area (Å²) in [5, 5.41) is -0.0134. The van der Waals surface area contributed by atoms with Gasteiger partial charge in [-0.2, -0.15) is 4.98 Å². The van der Waals surface area contributed by atoms with E-state index in [0.29, 0.717) is 11.8 Å². The fourth-order valence-electron chi connectivity index (χ4n) is 3.02. The van der Waals surface area contributed by atoms with Gasteiger partial charge in [0.2, 0.25) is 26.6 Å². The van der Waals surface area contributed by atoms with Gasteiger partial charge >= 0.3 is 0 Å². The topological polar surface area (TPSA) is 63.4 Å². The molecule has 0 bridgehead atoms. The molecule has 0 radical (unpaired) electrons. The summed E-state index contributed by atoms with van der Waals surface area (Å²) in [4.78, 5) is 6.55. The van der Waals surface area contributed by atoms with Gasteiger partial charge in [0, 0.05) is 23.1 Å². The molecular weight excluding hydrogens is 416 g/mol. The van der Waals surface area contributed by atoms with E-state index in [2.05, 4.69) is 20.9 Å². The zero-order valence-electron chi connectivity index (χ0n) is 13.9. The molecule has 0 N–H and O–H groups in total. The summed E-state index contributed by atoms with van der Waals surface area (Å²) in [5.41, 5.74) is 0.755. The molecule has 5 nitrogen and oxygen atoms in total. The summed E-state index contributed by atoms with van der Waals surface area (Å²) in [7, 11) is -3.78. The van der Waals surface area contributed by atoms with E-state index in [9.17, 15) is 8.42 Å². The lowest BCUT2D eigenvalue weighted by Gasteiger charge is -2.14. The summed E-state index contributed by atoms with van der Waals surface area (Å²) in [6.45, 7) is 1.54. The van der Waals surface area contributed by atoms with Gasteiger partial charge in [-0.15, -0.1) is 0 Å². The lowest BCUT2D eigenvalue weighted by Crippen LogP contribution is -2.19. The third-order valence-electron chi connectivity index (χ3n) is 4.37. The zero-order chi connectivity index (χ0) is 18.1. The van der Waals surface area contributed by atoms with Crippen LogP contribution in [0.3, 0.4) is 0 Å². The van der Waals surface area contributed by atoms with Crippen molar-refractivity contribution in [3.05, 3.63) is 59.1 Å². The molecule has 26 heavy (non-hydrogen) atoms. The molecule has 2 aromatic carbocycles. The van der Waals surface area contributed by atoms with Crippen LogP contribution in [-0.2, 0) is 9.84 Å². The number of oxazole rings is 1. The number of hydrogen-bond acceptors (Lipinski definition) is 5. The maximum absolute atomic E-state index is 13.2. The lowest BCUT2D eigenvalue weighted by molar-refractivity contribution is 0.556. The molecule has 1 fully saturated rings. The van der Waals surface area contributed by atoms with Crippen molar-refractivity contribution in [2.45, 2.75) is 22.8 Å². The average molecular weight is 433 g/mol. The van der Waals surface area contributed by atoms with Crippen molar-refractivity contribution in [2.24, 2.45) is 0 Å². The molecular formula is C19H17BrN2O3S. The van der Waals surface area contributed by atoms with Crippen LogP contribution < -0.4 is 4.90 Å². The molecule has 1 saturated heterocycles. The Morgan fingerprint density at radius 3 is 2.27 bits per heavy atom. The molecule has 0 spiro atoms. The molecule has 134 valence electrons. The second kappa shape index (κ2) is 6.89. The Morgan fingerprint density at radius 1 is 0.962 bits per heavy atom. The Hall–Kier alpha value is -2.12. The van der Waals surface area contributed by atoms with Crippen molar-refractivity contribution in [1.29, 1.82) is 0 Å². The van der Waals surface area contributed by atoms with Crippen molar-refractivity contribution in [3.8, 4) is 11.5 Å². The van der Waals surface area contributed by atoms with Gasteiger partial charge in [-0.3, -0.25) is 0 Å². The minimum atomic E-state index is -3.78. The SMILES string of the molecule is O=S(=O)(c1ccc(Br)cc1)c1nc(-c2ccccc2)oc1N1CCCC1. The molecule has 4 rings (SSSR count). The highest BCUT2D eigenvalue weighted by atomic mass is 79.9. The highest BCUT2D eigenvalue weighted by molar-refractivity contribution is 9.10. The molecule has 0 amide bonds. The molecule has 0 aliphatic carbocycles. The van der Waals surface area contributed by atoms with Crippen molar-refractivity contribution in [1.82, 2.24) is 4.98 Å². The normalized spacial score (nSPS) is 14.7. The van der Waals surface area contributed by atoms with Gasteiger partial charge in [0.15, 0.2) is 0 Å². The summed E-state index contributed by atoms with van der Waals surface area (Å²) < 4.78 is 33.2. The fraction of sp³-hybridized carbons (Fsp3) is 0.211. The Balaban J connectivity index is 1.86. The first-order chi connectivity index (χ1) is 12.6. The van der Waals surface area contributed by atoms with Crippen molar-refractivity contribution >= 4 is 31.7 Å². The van der Waals surface area contributed by atoms with Crippen LogP contribution in [0.2, 0.25) is 0 Å². The van der Waals surface area contributed by atoms with Crippen LogP contribution in [0.1, 0.15) is 12.8 Å². The Labute approximate surface area is 160 Å². The van der Waals surface area contributed by atoms with Crippen molar-refractivity contribution in [2.75, 3.05) is 18.0 Å². The number of anilines is 1. The molecule has 0 saturated carbocycles. The number of sulfone groups is 1. The van der Waals surface area contributed by atoms with Crippen LogP contribution in [0, 0.1) is 0 Å². The zero-order valence-corrected chi connectivity index (χ0v) is 16.3.